The highest BCUT2D eigenvalue weighted by molar-refractivity contribution is 5.97. The molecule has 186 valence electrons. The summed E-state index contributed by atoms with van der Waals surface area (Å²) in [5.41, 5.74) is 4.09. The van der Waals surface area contributed by atoms with Gasteiger partial charge >= 0.3 is 0 Å². The zero-order valence-corrected chi connectivity index (χ0v) is 21.1. The molecule has 3 fully saturated rings. The maximum absolute atomic E-state index is 13.3. The molecule has 5 rings (SSSR count). The first kappa shape index (κ1) is 24.0. The van der Waals surface area contributed by atoms with Crippen molar-refractivity contribution in [2.24, 2.45) is 17.8 Å². The Morgan fingerprint density at radius 2 is 1.69 bits per heavy atom. The Bertz CT molecular complexity index is 1020. The molecule has 1 N–H and O–H groups in total. The second kappa shape index (κ2) is 10.5. The van der Waals surface area contributed by atoms with Crippen LogP contribution in [0.5, 0.6) is 0 Å². The number of rotatable bonds is 7. The van der Waals surface area contributed by atoms with Gasteiger partial charge in [-0.15, -0.1) is 0 Å². The number of amides is 2. The second-order valence-electron chi connectivity index (χ2n) is 10.9. The highest BCUT2D eigenvalue weighted by Crippen LogP contribution is 2.33. The van der Waals surface area contributed by atoms with Crippen LogP contribution in [-0.4, -0.2) is 59.3 Å². The summed E-state index contributed by atoms with van der Waals surface area (Å²) in [6.07, 6.45) is 8.90. The Morgan fingerprint density at radius 1 is 1.00 bits per heavy atom. The van der Waals surface area contributed by atoms with Crippen molar-refractivity contribution >= 4 is 11.8 Å². The van der Waals surface area contributed by atoms with Crippen LogP contribution in [0.1, 0.15) is 65.2 Å². The van der Waals surface area contributed by atoms with Gasteiger partial charge in [-0.1, -0.05) is 37.1 Å². The Hall–Kier alpha value is -2.73. The topological polar surface area (TPSA) is 65.5 Å². The lowest BCUT2D eigenvalue weighted by molar-refractivity contribution is -0.125. The lowest BCUT2D eigenvalue weighted by atomic mass is 10.0. The molecule has 2 unspecified atom stereocenters. The van der Waals surface area contributed by atoms with Gasteiger partial charge < -0.3 is 15.1 Å². The number of hydrogen-bond donors (Lipinski definition) is 1. The van der Waals surface area contributed by atoms with Gasteiger partial charge in [-0.05, 0) is 67.7 Å². The molecule has 3 atom stereocenters. The van der Waals surface area contributed by atoms with Crippen LogP contribution in [0.25, 0.3) is 0 Å². The van der Waals surface area contributed by atoms with E-state index in [0.29, 0.717) is 11.8 Å². The van der Waals surface area contributed by atoms with Gasteiger partial charge in [0.1, 0.15) is 0 Å². The van der Waals surface area contributed by atoms with Gasteiger partial charge in [-0.3, -0.25) is 14.6 Å². The van der Waals surface area contributed by atoms with E-state index in [1.807, 2.05) is 44.3 Å². The predicted octanol–water partition coefficient (Wildman–Crippen LogP) is 4.14. The summed E-state index contributed by atoms with van der Waals surface area (Å²) in [6, 6.07) is 10.1. The summed E-state index contributed by atoms with van der Waals surface area (Å²) in [5, 5.41) is 3.34. The maximum atomic E-state index is 13.3. The van der Waals surface area contributed by atoms with E-state index in [-0.39, 0.29) is 23.8 Å². The van der Waals surface area contributed by atoms with Crippen LogP contribution in [0.15, 0.2) is 42.7 Å². The first-order chi connectivity index (χ1) is 17.0. The molecule has 2 amide bonds. The Balaban J connectivity index is 1.17. The number of nitrogens with zero attached hydrogens (tertiary/aromatic N) is 3. The molecule has 6 heteroatoms. The SMILES string of the molecule is Cc1cccc(C)c1C(=O)N1CC2CN(CC[C@H](NC(=O)C3CCCC3)c3cccnc3)CC2C1. The summed E-state index contributed by atoms with van der Waals surface area (Å²) in [6.45, 7) is 8.75. The molecule has 1 aromatic heterocycles. The number of fused-ring (bicyclic) bond motifs is 1. The fourth-order valence-electron chi connectivity index (χ4n) is 6.44. The summed E-state index contributed by atoms with van der Waals surface area (Å²) >= 11 is 0. The van der Waals surface area contributed by atoms with Gasteiger partial charge in [0.15, 0.2) is 0 Å². The first-order valence-electron chi connectivity index (χ1n) is 13.3. The van der Waals surface area contributed by atoms with Gasteiger partial charge in [0, 0.05) is 56.6 Å². The monoisotopic (exact) mass is 474 g/mol. The fraction of sp³-hybridized carbons (Fsp3) is 0.552. The van der Waals surface area contributed by atoms with E-state index in [2.05, 4.69) is 26.2 Å². The molecule has 2 aliphatic heterocycles. The average molecular weight is 475 g/mol. The number of aryl methyl sites for hydroxylation is 2. The van der Waals surface area contributed by atoms with Crippen molar-refractivity contribution in [3.8, 4) is 0 Å². The molecule has 2 saturated heterocycles. The molecule has 0 bridgehead atoms. The van der Waals surface area contributed by atoms with Crippen LogP contribution in [-0.2, 0) is 4.79 Å². The molecular formula is C29H38N4O2. The normalized spacial score (nSPS) is 23.4. The number of pyridine rings is 1. The molecule has 3 aliphatic rings. The summed E-state index contributed by atoms with van der Waals surface area (Å²) < 4.78 is 0. The Kier molecular flexibility index (Phi) is 7.19. The van der Waals surface area contributed by atoms with Crippen molar-refractivity contribution in [2.45, 2.75) is 52.0 Å². The molecule has 0 radical (unpaired) electrons. The molecule has 0 spiro atoms. The predicted molar refractivity (Wildman–Crippen MR) is 137 cm³/mol. The quantitative estimate of drug-likeness (QED) is 0.655. The van der Waals surface area contributed by atoms with Gasteiger partial charge in [0.2, 0.25) is 5.91 Å². The molecule has 3 heterocycles. The summed E-state index contributed by atoms with van der Waals surface area (Å²) in [7, 11) is 0. The van der Waals surface area contributed by atoms with Crippen LogP contribution in [0.4, 0.5) is 0 Å². The number of aromatic nitrogens is 1. The average Bonchev–Trinajstić information content (AvgIpc) is 3.59. The van der Waals surface area contributed by atoms with Crippen molar-refractivity contribution in [1.82, 2.24) is 20.1 Å². The van der Waals surface area contributed by atoms with Crippen LogP contribution in [0.3, 0.4) is 0 Å². The van der Waals surface area contributed by atoms with Crippen LogP contribution >= 0.6 is 0 Å². The minimum absolute atomic E-state index is 0.000604. The lowest BCUT2D eigenvalue weighted by Crippen LogP contribution is -2.37. The van der Waals surface area contributed by atoms with Gasteiger partial charge in [0.25, 0.3) is 5.91 Å². The maximum Gasteiger partial charge on any atom is 0.254 e. The molecule has 35 heavy (non-hydrogen) atoms. The largest absolute Gasteiger partial charge is 0.349 e. The van der Waals surface area contributed by atoms with Crippen LogP contribution in [0.2, 0.25) is 0 Å². The van der Waals surface area contributed by atoms with Crippen molar-refractivity contribution < 1.29 is 9.59 Å². The van der Waals surface area contributed by atoms with E-state index in [9.17, 15) is 9.59 Å². The van der Waals surface area contributed by atoms with Crippen molar-refractivity contribution in [2.75, 3.05) is 32.7 Å². The van der Waals surface area contributed by atoms with E-state index < -0.39 is 0 Å². The van der Waals surface area contributed by atoms with E-state index in [1.54, 1.807) is 6.20 Å². The van der Waals surface area contributed by atoms with Crippen molar-refractivity contribution in [3.63, 3.8) is 0 Å². The zero-order chi connectivity index (χ0) is 24.4. The summed E-state index contributed by atoms with van der Waals surface area (Å²) in [4.78, 5) is 35.0. The van der Waals surface area contributed by atoms with Gasteiger partial charge in [-0.2, -0.15) is 0 Å². The third-order valence-electron chi connectivity index (χ3n) is 8.41. The third kappa shape index (κ3) is 5.27. The smallest absolute Gasteiger partial charge is 0.254 e. The van der Waals surface area contributed by atoms with Gasteiger partial charge in [0.05, 0.1) is 6.04 Å². The minimum Gasteiger partial charge on any atom is -0.349 e. The highest BCUT2D eigenvalue weighted by Gasteiger charge is 2.42. The number of carbonyl (C=O) groups excluding carboxylic acids is 2. The first-order valence-corrected chi connectivity index (χ1v) is 13.3. The Morgan fingerprint density at radius 3 is 2.31 bits per heavy atom. The zero-order valence-electron chi connectivity index (χ0n) is 21.1. The molecule has 6 nitrogen and oxygen atoms in total. The second-order valence-corrected chi connectivity index (χ2v) is 10.9. The molecule has 2 aromatic rings. The molecule has 1 aromatic carbocycles. The van der Waals surface area contributed by atoms with Crippen LogP contribution in [0, 0.1) is 31.6 Å². The molecular weight excluding hydrogens is 436 g/mol. The lowest BCUT2D eigenvalue weighted by Gasteiger charge is -2.26. The molecule has 1 saturated carbocycles. The number of likely N-dealkylation sites (tertiary alicyclic amines) is 2. The number of nitrogens with one attached hydrogen (secondary N) is 1. The number of hydrogen-bond acceptors (Lipinski definition) is 4. The van der Waals surface area contributed by atoms with Crippen molar-refractivity contribution in [1.29, 1.82) is 0 Å². The van der Waals surface area contributed by atoms with Gasteiger partial charge in [-0.25, -0.2) is 0 Å². The van der Waals surface area contributed by atoms with E-state index in [1.165, 1.54) is 0 Å². The molecule has 1 aliphatic carbocycles. The van der Waals surface area contributed by atoms with E-state index in [4.69, 9.17) is 0 Å². The number of benzene rings is 1. The fourth-order valence-corrected chi connectivity index (χ4v) is 6.44. The van der Waals surface area contributed by atoms with E-state index in [0.717, 1.165) is 87.1 Å². The third-order valence-corrected chi connectivity index (χ3v) is 8.41. The highest BCUT2D eigenvalue weighted by atomic mass is 16.2. The van der Waals surface area contributed by atoms with Crippen molar-refractivity contribution in [3.05, 3.63) is 65.0 Å². The minimum atomic E-state index is -0.000604. The summed E-state index contributed by atoms with van der Waals surface area (Å²) in [5.74, 6) is 1.63. The number of carbonyl (C=O) groups is 2. The standard InChI is InChI=1S/C29H38N4O2/c1-20-7-5-8-21(2)27(20)29(35)33-18-24-16-32(17-25(24)19-33)14-12-26(23-11-6-13-30-15-23)31-28(34)22-9-3-4-10-22/h5-8,11,13,15,22,24-26H,3-4,9-10,12,14,16-19H2,1-2H3,(H,31,34)/t24?,25?,26-/m0/s1. The van der Waals surface area contributed by atoms with Crippen LogP contribution < -0.4 is 5.32 Å². The van der Waals surface area contributed by atoms with E-state index >= 15 is 0 Å². The Labute approximate surface area is 209 Å².